The van der Waals surface area contributed by atoms with Gasteiger partial charge in [0.2, 0.25) is 0 Å². The molecule has 1 fully saturated rings. The van der Waals surface area contributed by atoms with Gasteiger partial charge in [0.1, 0.15) is 0 Å². The fraction of sp³-hybridized carbons (Fsp3) is 0.400. The molecule has 0 spiro atoms. The second kappa shape index (κ2) is 11.8. The van der Waals surface area contributed by atoms with Crippen LogP contribution < -0.4 is 4.74 Å². The van der Waals surface area contributed by atoms with Gasteiger partial charge in [-0.25, -0.2) is 13.2 Å². The first-order valence-electron chi connectivity index (χ1n) is 12.6. The van der Waals surface area contributed by atoms with Crippen LogP contribution in [0.4, 0.5) is 13.2 Å². The van der Waals surface area contributed by atoms with E-state index in [0.717, 1.165) is 44.1 Å². The molecular weight excluding hydrogens is 449 g/mol. The maximum atomic E-state index is 15.1. The second-order valence-corrected chi connectivity index (χ2v) is 9.26. The lowest BCUT2D eigenvalue weighted by Gasteiger charge is -2.29. The molecule has 186 valence electrons. The predicted octanol–water partition coefficient (Wildman–Crippen LogP) is 8.37. The van der Waals surface area contributed by atoms with Crippen LogP contribution >= 0.6 is 0 Å². The number of aryl methyl sites for hydroxylation is 1. The minimum Gasteiger partial charge on any atom is -0.491 e. The Labute approximate surface area is 206 Å². The Bertz CT molecular complexity index is 1120. The summed E-state index contributed by atoms with van der Waals surface area (Å²) in [4.78, 5) is 0. The van der Waals surface area contributed by atoms with Crippen LogP contribution in [0.25, 0.3) is 11.1 Å². The largest absolute Gasteiger partial charge is 0.491 e. The van der Waals surface area contributed by atoms with E-state index in [-0.39, 0.29) is 17.8 Å². The van der Waals surface area contributed by atoms with Crippen LogP contribution in [0, 0.1) is 17.5 Å². The van der Waals surface area contributed by atoms with Crippen LogP contribution in [0.2, 0.25) is 0 Å². The minimum atomic E-state index is -0.776. The molecule has 0 heterocycles. The summed E-state index contributed by atoms with van der Waals surface area (Å²) in [5, 5.41) is 0. The van der Waals surface area contributed by atoms with E-state index < -0.39 is 17.5 Å². The third-order valence-corrected chi connectivity index (χ3v) is 6.81. The summed E-state index contributed by atoms with van der Waals surface area (Å²) in [5.41, 5.74) is 3.38. The molecule has 2 nitrogen and oxygen atoms in total. The van der Waals surface area contributed by atoms with Gasteiger partial charge in [-0.3, -0.25) is 0 Å². The Morgan fingerprint density at radius 3 is 2.17 bits per heavy atom. The molecule has 0 bridgehead atoms. The molecule has 1 aliphatic rings. The zero-order chi connectivity index (χ0) is 24.8. The van der Waals surface area contributed by atoms with Gasteiger partial charge >= 0.3 is 0 Å². The molecule has 5 heteroatoms. The maximum Gasteiger partial charge on any atom is 0.166 e. The van der Waals surface area contributed by atoms with Gasteiger partial charge in [0.15, 0.2) is 23.2 Å². The van der Waals surface area contributed by atoms with E-state index in [1.165, 1.54) is 11.6 Å². The Kier molecular flexibility index (Phi) is 8.50. The van der Waals surface area contributed by atoms with Crippen molar-refractivity contribution in [1.82, 2.24) is 0 Å². The van der Waals surface area contributed by atoms with Crippen LogP contribution in [-0.4, -0.2) is 12.7 Å². The van der Waals surface area contributed by atoms with Crippen LogP contribution in [0.1, 0.15) is 68.6 Å². The quantitative estimate of drug-likeness (QED) is 0.305. The molecule has 0 radical (unpaired) electrons. The molecule has 0 N–H and O–H groups in total. The molecule has 3 aromatic rings. The average molecular weight is 483 g/mol. The van der Waals surface area contributed by atoms with Crippen molar-refractivity contribution in [1.29, 1.82) is 0 Å². The minimum absolute atomic E-state index is 0.0229. The summed E-state index contributed by atoms with van der Waals surface area (Å²) < 4.78 is 55.4. The van der Waals surface area contributed by atoms with Crippen LogP contribution in [0.5, 0.6) is 5.75 Å². The van der Waals surface area contributed by atoms with Crippen molar-refractivity contribution in [3.05, 3.63) is 88.7 Å². The number of rotatable bonds is 9. The van der Waals surface area contributed by atoms with E-state index in [2.05, 4.69) is 6.92 Å². The van der Waals surface area contributed by atoms with Gasteiger partial charge in [-0.2, -0.15) is 0 Å². The van der Waals surface area contributed by atoms with Crippen molar-refractivity contribution in [3.63, 3.8) is 0 Å². The lowest BCUT2D eigenvalue weighted by molar-refractivity contribution is 0.0130. The highest BCUT2D eigenvalue weighted by Crippen LogP contribution is 2.38. The monoisotopic (exact) mass is 482 g/mol. The molecule has 0 aromatic heterocycles. The number of hydrogen-bond donors (Lipinski definition) is 0. The normalized spacial score (nSPS) is 18.0. The van der Waals surface area contributed by atoms with Gasteiger partial charge in [-0.05, 0) is 79.3 Å². The molecule has 1 aliphatic carbocycles. The van der Waals surface area contributed by atoms with Crippen molar-refractivity contribution in [2.75, 3.05) is 6.61 Å². The molecule has 1 saturated carbocycles. The van der Waals surface area contributed by atoms with E-state index >= 15 is 8.78 Å². The van der Waals surface area contributed by atoms with Gasteiger partial charge in [0, 0.05) is 5.56 Å². The van der Waals surface area contributed by atoms with Crippen molar-refractivity contribution < 1.29 is 22.6 Å². The number of hydrogen-bond acceptors (Lipinski definition) is 2. The molecule has 0 amide bonds. The molecule has 0 aliphatic heterocycles. The Balaban J connectivity index is 1.35. The van der Waals surface area contributed by atoms with Gasteiger partial charge < -0.3 is 9.47 Å². The lowest BCUT2D eigenvalue weighted by atomic mass is 9.82. The number of halogens is 3. The molecule has 0 saturated heterocycles. The highest BCUT2D eigenvalue weighted by Gasteiger charge is 2.27. The van der Waals surface area contributed by atoms with Crippen molar-refractivity contribution >= 4 is 0 Å². The topological polar surface area (TPSA) is 18.5 Å². The highest BCUT2D eigenvalue weighted by molar-refractivity contribution is 5.65. The van der Waals surface area contributed by atoms with Crippen LogP contribution in [-0.2, 0) is 17.8 Å². The number of ether oxygens (including phenoxy) is 2. The van der Waals surface area contributed by atoms with E-state index in [1.807, 2.05) is 31.2 Å². The fourth-order valence-electron chi connectivity index (χ4n) is 4.90. The summed E-state index contributed by atoms with van der Waals surface area (Å²) >= 11 is 0. The second-order valence-electron chi connectivity index (χ2n) is 9.26. The van der Waals surface area contributed by atoms with E-state index in [9.17, 15) is 4.39 Å². The van der Waals surface area contributed by atoms with E-state index in [0.29, 0.717) is 29.9 Å². The fourth-order valence-corrected chi connectivity index (χ4v) is 4.90. The molecule has 35 heavy (non-hydrogen) atoms. The third-order valence-electron chi connectivity index (χ3n) is 6.81. The van der Waals surface area contributed by atoms with E-state index in [1.54, 1.807) is 24.3 Å². The molecular formula is C30H33F3O2. The summed E-state index contributed by atoms with van der Waals surface area (Å²) in [6, 6.07) is 16.0. The summed E-state index contributed by atoms with van der Waals surface area (Å²) in [6.07, 6.45) is 5.00. The lowest BCUT2D eigenvalue weighted by Crippen LogP contribution is -2.21. The Morgan fingerprint density at radius 1 is 0.800 bits per heavy atom. The summed E-state index contributed by atoms with van der Waals surface area (Å²) in [5.74, 6) is -1.70. The number of benzene rings is 3. The Morgan fingerprint density at radius 2 is 1.51 bits per heavy atom. The Hall–Kier alpha value is -2.79. The highest BCUT2D eigenvalue weighted by atomic mass is 19.2. The van der Waals surface area contributed by atoms with Crippen molar-refractivity contribution in [2.24, 2.45) is 0 Å². The SMILES string of the molecule is CCCc1ccc(-c2ccc(C3CCC(OCc4ccc(OCC)c(F)c4)CC3)c(F)c2F)cc1. The van der Waals surface area contributed by atoms with Gasteiger partial charge in [0.25, 0.3) is 0 Å². The smallest absolute Gasteiger partial charge is 0.166 e. The zero-order valence-electron chi connectivity index (χ0n) is 20.5. The predicted molar refractivity (Wildman–Crippen MR) is 133 cm³/mol. The third kappa shape index (κ3) is 6.07. The average Bonchev–Trinajstić information content (AvgIpc) is 2.87. The van der Waals surface area contributed by atoms with Gasteiger partial charge in [0.05, 0.1) is 19.3 Å². The van der Waals surface area contributed by atoms with Crippen LogP contribution in [0.15, 0.2) is 54.6 Å². The van der Waals surface area contributed by atoms with Crippen molar-refractivity contribution in [2.45, 2.75) is 71.0 Å². The van der Waals surface area contributed by atoms with Gasteiger partial charge in [-0.1, -0.05) is 55.8 Å². The molecule has 4 rings (SSSR count). The first-order valence-corrected chi connectivity index (χ1v) is 12.6. The zero-order valence-corrected chi connectivity index (χ0v) is 20.5. The standard InChI is InChI=1S/C30H33F3O2/c1-3-5-20-6-9-22(10-7-20)25-15-16-26(30(33)29(25)32)23-11-13-24(14-12-23)35-19-21-8-17-28(34-4-2)27(31)18-21/h6-10,15-18,23-24H,3-5,11-14,19H2,1-2H3. The molecule has 0 unspecified atom stereocenters. The molecule has 3 aromatic carbocycles. The van der Waals surface area contributed by atoms with Crippen molar-refractivity contribution in [3.8, 4) is 16.9 Å². The molecule has 0 atom stereocenters. The first-order chi connectivity index (χ1) is 17.0. The maximum absolute atomic E-state index is 15.1. The van der Waals surface area contributed by atoms with Gasteiger partial charge in [-0.15, -0.1) is 0 Å². The van der Waals surface area contributed by atoms with Crippen LogP contribution in [0.3, 0.4) is 0 Å². The summed E-state index contributed by atoms with van der Waals surface area (Å²) in [7, 11) is 0. The van der Waals surface area contributed by atoms with E-state index in [4.69, 9.17) is 9.47 Å². The summed E-state index contributed by atoms with van der Waals surface area (Å²) in [6.45, 7) is 4.65. The first kappa shape index (κ1) is 25.3.